The first-order valence-corrected chi connectivity index (χ1v) is 15.1. The number of carboxylic acid groups (broad SMARTS) is 1. The van der Waals surface area contributed by atoms with Gasteiger partial charge < -0.3 is 10.4 Å². The van der Waals surface area contributed by atoms with E-state index in [1.807, 2.05) is 0 Å². The number of hydrogen-bond donors (Lipinski definition) is 2. The fourth-order valence-electron chi connectivity index (χ4n) is 3.71. The van der Waals surface area contributed by atoms with E-state index >= 15 is 0 Å². The molecule has 0 radical (unpaired) electrons. The van der Waals surface area contributed by atoms with Crippen LogP contribution >= 0.6 is 35.3 Å². The van der Waals surface area contributed by atoms with Crippen molar-refractivity contribution >= 4 is 80.0 Å². The van der Waals surface area contributed by atoms with Gasteiger partial charge in [-0.25, -0.2) is 13.6 Å². The molecule has 0 aliphatic carbocycles. The maximum absolute atomic E-state index is 13.7. The second-order valence-corrected chi connectivity index (χ2v) is 12.5. The third-order valence-electron chi connectivity index (χ3n) is 5.66. The second-order valence-electron chi connectivity index (χ2n) is 8.37. The fourth-order valence-corrected chi connectivity index (χ4v) is 6.54. The molecule has 1 unspecified atom stereocenters. The number of thiocarbonyl (C=S) groups is 1. The van der Waals surface area contributed by atoms with E-state index in [0.29, 0.717) is 21.7 Å². The summed E-state index contributed by atoms with van der Waals surface area (Å²) in [6, 6.07) is 9.82. The number of hydrogen-bond acceptors (Lipinski definition) is 7. The molecule has 13 heteroatoms. The van der Waals surface area contributed by atoms with E-state index in [1.54, 1.807) is 17.5 Å². The maximum Gasteiger partial charge on any atom is 0.335 e. The van der Waals surface area contributed by atoms with Crippen molar-refractivity contribution in [2.45, 2.75) is 12.5 Å². The largest absolute Gasteiger partial charge is 0.478 e. The molecule has 202 valence electrons. The highest BCUT2D eigenvalue weighted by Crippen LogP contribution is 2.37. The van der Waals surface area contributed by atoms with Gasteiger partial charge in [0.05, 0.1) is 10.5 Å². The third-order valence-corrected chi connectivity index (χ3v) is 8.68. The summed E-state index contributed by atoms with van der Waals surface area (Å²) in [5.74, 6) is -3.91. The Morgan fingerprint density at radius 1 is 1.13 bits per heavy atom. The summed E-state index contributed by atoms with van der Waals surface area (Å²) in [4.78, 5) is 39.9. The number of thioether (sulfide) groups is 1. The number of carbonyl (C=O) groups is 3. The number of carbonyl (C=O) groups excluding carboxylic acids is 2. The summed E-state index contributed by atoms with van der Waals surface area (Å²) in [5.41, 5.74) is 1.52. The molecule has 7 nitrogen and oxygen atoms in total. The zero-order valence-corrected chi connectivity index (χ0v) is 23.4. The van der Waals surface area contributed by atoms with Gasteiger partial charge >= 0.3 is 5.97 Å². The average Bonchev–Trinajstić information content (AvgIpc) is 3.46. The number of halogens is 2. The fraction of sp³-hybridized carbons (Fsp3) is 0.154. The van der Waals surface area contributed by atoms with Crippen molar-refractivity contribution in [1.82, 2.24) is 4.90 Å². The van der Waals surface area contributed by atoms with Gasteiger partial charge in [-0.2, -0.15) is 0 Å². The van der Waals surface area contributed by atoms with Gasteiger partial charge in [0.25, 0.3) is 5.91 Å². The molecule has 0 saturated carbocycles. The quantitative estimate of drug-likeness (QED) is 0.249. The molecule has 3 aromatic rings. The first kappa shape index (κ1) is 28.7. The minimum Gasteiger partial charge on any atom is -0.478 e. The molecule has 0 spiro atoms. The lowest BCUT2D eigenvalue weighted by atomic mass is 10.1. The van der Waals surface area contributed by atoms with Crippen LogP contribution in [-0.4, -0.2) is 54.4 Å². The van der Waals surface area contributed by atoms with Crippen LogP contribution < -0.4 is 5.32 Å². The van der Waals surface area contributed by atoms with Crippen molar-refractivity contribution < 1.29 is 32.5 Å². The van der Waals surface area contributed by atoms with Crippen molar-refractivity contribution in [2.75, 3.05) is 17.3 Å². The van der Waals surface area contributed by atoms with Crippen LogP contribution in [0.1, 0.15) is 21.7 Å². The Labute approximate surface area is 238 Å². The lowest BCUT2D eigenvalue weighted by Crippen LogP contribution is -2.47. The van der Waals surface area contributed by atoms with Crippen molar-refractivity contribution in [3.63, 3.8) is 0 Å². The van der Waals surface area contributed by atoms with Gasteiger partial charge in [-0.15, -0.1) is 11.3 Å². The summed E-state index contributed by atoms with van der Waals surface area (Å²) < 4.78 is 38.9. The smallest absolute Gasteiger partial charge is 0.335 e. The van der Waals surface area contributed by atoms with Crippen LogP contribution in [-0.2, 0) is 20.4 Å². The SMILES string of the molecule is CS(=O)CC[C@@H](C(=O)Nc1ccc(C(=O)O)cc1)N1C(=O)C(=Cc2cc(-c3ccc(F)c(F)c3)cs2)SC1=S. The van der Waals surface area contributed by atoms with E-state index in [-0.39, 0.29) is 27.0 Å². The van der Waals surface area contributed by atoms with Gasteiger partial charge in [-0.3, -0.25) is 18.7 Å². The molecule has 0 bridgehead atoms. The predicted molar refractivity (Wildman–Crippen MR) is 154 cm³/mol. The Hall–Kier alpha value is -3.26. The standard InChI is InChI=1S/C26H20F2N2O5S4/c1-39(35)9-8-21(23(31)29-17-5-2-14(3-6-17)25(33)34)30-24(32)22(38-26(30)36)12-18-10-16(13-37-18)15-4-7-19(27)20(28)11-15/h2-7,10-13,21H,8-9H2,1H3,(H,29,31)(H,33,34)/t21-,39?/m0/s1. The number of rotatable bonds is 9. The topological polar surface area (TPSA) is 104 Å². The van der Waals surface area contributed by atoms with Crippen molar-refractivity contribution in [1.29, 1.82) is 0 Å². The number of nitrogens with zero attached hydrogens (tertiary/aromatic N) is 1. The van der Waals surface area contributed by atoms with E-state index < -0.39 is 46.3 Å². The Bertz CT molecular complexity index is 1520. The molecule has 2 N–H and O–H groups in total. The first-order valence-electron chi connectivity index (χ1n) is 11.3. The van der Waals surface area contributed by atoms with Crippen LogP contribution in [0, 0.1) is 11.6 Å². The molecule has 1 saturated heterocycles. The number of nitrogens with one attached hydrogen (secondary N) is 1. The van der Waals surface area contributed by atoms with Gasteiger partial charge in [0.2, 0.25) is 5.91 Å². The Morgan fingerprint density at radius 3 is 2.49 bits per heavy atom. The molecule has 2 amide bonds. The third kappa shape index (κ3) is 6.85. The summed E-state index contributed by atoms with van der Waals surface area (Å²) >= 11 is 7.76. The number of anilines is 1. The molecule has 39 heavy (non-hydrogen) atoms. The van der Waals surface area contributed by atoms with Crippen molar-refractivity contribution in [3.8, 4) is 11.1 Å². The minimum absolute atomic E-state index is 0.0503. The number of aromatic carboxylic acids is 1. The molecule has 4 rings (SSSR count). The van der Waals surface area contributed by atoms with Crippen LogP contribution in [0.5, 0.6) is 0 Å². The Morgan fingerprint density at radius 2 is 1.85 bits per heavy atom. The molecule has 2 aromatic carbocycles. The molecular weight excluding hydrogens is 587 g/mol. The predicted octanol–water partition coefficient (Wildman–Crippen LogP) is 5.37. The van der Waals surface area contributed by atoms with E-state index in [1.165, 1.54) is 52.8 Å². The number of thiophene rings is 1. The normalized spacial score (nSPS) is 16.0. The molecule has 1 fully saturated rings. The zero-order chi connectivity index (χ0) is 28.3. The molecule has 1 aliphatic heterocycles. The van der Waals surface area contributed by atoms with Gasteiger partial charge in [-0.05, 0) is 71.5 Å². The summed E-state index contributed by atoms with van der Waals surface area (Å²) in [5, 5.41) is 13.5. The van der Waals surface area contributed by atoms with Gasteiger partial charge in [0.1, 0.15) is 10.4 Å². The molecule has 2 heterocycles. The van der Waals surface area contributed by atoms with E-state index in [9.17, 15) is 27.4 Å². The monoisotopic (exact) mass is 606 g/mol. The number of benzene rings is 2. The van der Waals surface area contributed by atoms with Crippen molar-refractivity contribution in [2.24, 2.45) is 0 Å². The van der Waals surface area contributed by atoms with Crippen LogP contribution in [0.4, 0.5) is 14.5 Å². The summed E-state index contributed by atoms with van der Waals surface area (Å²) in [6.45, 7) is 0. The maximum atomic E-state index is 13.7. The highest BCUT2D eigenvalue weighted by molar-refractivity contribution is 8.26. The lowest BCUT2D eigenvalue weighted by molar-refractivity contribution is -0.130. The van der Waals surface area contributed by atoms with Gasteiger partial charge in [0, 0.05) is 33.4 Å². The number of amides is 2. The Kier molecular flexibility index (Phi) is 9.05. The van der Waals surface area contributed by atoms with E-state index in [0.717, 1.165) is 23.9 Å². The van der Waals surface area contributed by atoms with E-state index in [2.05, 4.69) is 5.32 Å². The lowest BCUT2D eigenvalue weighted by Gasteiger charge is -2.25. The van der Waals surface area contributed by atoms with Crippen LogP contribution in [0.2, 0.25) is 0 Å². The first-order chi connectivity index (χ1) is 18.5. The highest BCUT2D eigenvalue weighted by atomic mass is 32.2. The van der Waals surface area contributed by atoms with Gasteiger partial charge in [0.15, 0.2) is 11.6 Å². The molecular formula is C26H20F2N2O5S4. The molecule has 1 aliphatic rings. The minimum atomic E-state index is -1.24. The van der Waals surface area contributed by atoms with Crippen molar-refractivity contribution in [3.05, 3.63) is 80.9 Å². The highest BCUT2D eigenvalue weighted by Gasteiger charge is 2.40. The summed E-state index contributed by atoms with van der Waals surface area (Å²) in [7, 11) is -1.24. The molecule has 1 aromatic heterocycles. The van der Waals surface area contributed by atoms with Crippen LogP contribution in [0.15, 0.2) is 58.8 Å². The average molecular weight is 607 g/mol. The summed E-state index contributed by atoms with van der Waals surface area (Å²) in [6.07, 6.45) is 3.19. The Balaban J connectivity index is 1.55. The van der Waals surface area contributed by atoms with Gasteiger partial charge in [-0.1, -0.05) is 30.0 Å². The van der Waals surface area contributed by atoms with Crippen LogP contribution in [0.3, 0.4) is 0 Å². The molecule has 2 atom stereocenters. The van der Waals surface area contributed by atoms with Crippen LogP contribution in [0.25, 0.3) is 17.2 Å². The second kappa shape index (κ2) is 12.3. The van der Waals surface area contributed by atoms with E-state index in [4.69, 9.17) is 17.3 Å². The number of carboxylic acids is 1. The zero-order valence-electron chi connectivity index (χ0n) is 20.2.